The number of hydrogen-bond donors (Lipinski definition) is 3. The Labute approximate surface area is 176 Å². The average Bonchev–Trinajstić information content (AvgIpc) is 3.31. The van der Waals surface area contributed by atoms with Crippen LogP contribution in [-0.2, 0) is 0 Å². The van der Waals surface area contributed by atoms with Gasteiger partial charge in [-0.1, -0.05) is 0 Å². The van der Waals surface area contributed by atoms with Crippen molar-refractivity contribution in [2.24, 2.45) is 11.1 Å². The number of nitrogen functional groups attached to an aromatic ring is 1. The van der Waals surface area contributed by atoms with Gasteiger partial charge in [0, 0.05) is 29.9 Å². The number of ether oxygens (including phenoxy) is 1. The van der Waals surface area contributed by atoms with Crippen molar-refractivity contribution in [3.8, 4) is 11.8 Å². The predicted molar refractivity (Wildman–Crippen MR) is 114 cm³/mol. The molecule has 6 rings (SSSR count). The molecule has 31 heavy (non-hydrogen) atoms. The Balaban J connectivity index is 1.54. The molecule has 1 aliphatic heterocycles. The number of nitrogens with one attached hydrogen (secondary N) is 1. The van der Waals surface area contributed by atoms with E-state index in [2.05, 4.69) is 24.8 Å². The minimum Gasteiger partial charge on any atom is -0.421 e. The van der Waals surface area contributed by atoms with Crippen LogP contribution in [0.25, 0.3) is 21.9 Å². The van der Waals surface area contributed by atoms with Gasteiger partial charge in [0.25, 0.3) is 0 Å². The number of hydrogen-bond acceptors (Lipinski definition) is 8. The number of aromatic amines is 1. The molecule has 1 aliphatic carbocycles. The Morgan fingerprint density at radius 2 is 2.00 bits per heavy atom. The molecule has 3 aromatic heterocycles. The zero-order chi connectivity index (χ0) is 21.3. The summed E-state index contributed by atoms with van der Waals surface area (Å²) in [5.41, 5.74) is 14.1. The second-order valence-corrected chi connectivity index (χ2v) is 8.51. The molecule has 0 radical (unpaired) electrons. The van der Waals surface area contributed by atoms with Gasteiger partial charge >= 0.3 is 6.01 Å². The van der Waals surface area contributed by atoms with Crippen LogP contribution in [0.1, 0.15) is 18.7 Å². The summed E-state index contributed by atoms with van der Waals surface area (Å²) in [6.07, 6.45) is 5.36. The van der Waals surface area contributed by atoms with Crippen molar-refractivity contribution in [2.45, 2.75) is 25.8 Å². The highest BCUT2D eigenvalue weighted by Gasteiger charge is 2.54. The van der Waals surface area contributed by atoms with Crippen LogP contribution >= 0.6 is 0 Å². The molecule has 1 saturated heterocycles. The molecule has 0 unspecified atom stereocenters. The number of halogens is 1. The van der Waals surface area contributed by atoms with E-state index in [-0.39, 0.29) is 17.5 Å². The van der Waals surface area contributed by atoms with E-state index in [0.717, 1.165) is 19.4 Å². The van der Waals surface area contributed by atoms with Crippen molar-refractivity contribution in [3.63, 3.8) is 0 Å². The SMILES string of the molecule is Cc1ncc(Oc2nc(N3C[C@@H](N)C4(CC4)C3)c3c(n2)[nH]c2c(N)cc(F)cc23)cn1. The van der Waals surface area contributed by atoms with Gasteiger partial charge in [0.05, 0.1) is 29.0 Å². The van der Waals surface area contributed by atoms with Crippen molar-refractivity contribution in [2.75, 3.05) is 23.7 Å². The van der Waals surface area contributed by atoms with E-state index in [0.29, 0.717) is 51.6 Å². The van der Waals surface area contributed by atoms with E-state index >= 15 is 0 Å². The van der Waals surface area contributed by atoms with Gasteiger partial charge in [0.1, 0.15) is 23.1 Å². The summed E-state index contributed by atoms with van der Waals surface area (Å²) in [4.78, 5) is 22.9. The third-order valence-corrected chi connectivity index (χ3v) is 6.38. The fourth-order valence-electron chi connectivity index (χ4n) is 4.51. The van der Waals surface area contributed by atoms with E-state index < -0.39 is 5.82 Å². The topological polar surface area (TPSA) is 132 Å². The van der Waals surface area contributed by atoms with Gasteiger partial charge in [-0.3, -0.25) is 0 Å². The number of H-pyrrole nitrogens is 1. The highest BCUT2D eigenvalue weighted by Crippen LogP contribution is 2.53. The molecule has 2 fully saturated rings. The minimum absolute atomic E-state index is 0.0689. The van der Waals surface area contributed by atoms with Crippen LogP contribution in [0.4, 0.5) is 15.9 Å². The third-order valence-electron chi connectivity index (χ3n) is 6.38. The van der Waals surface area contributed by atoms with E-state index in [4.69, 9.17) is 21.2 Å². The largest absolute Gasteiger partial charge is 0.421 e. The summed E-state index contributed by atoms with van der Waals surface area (Å²) in [5.74, 6) is 1.31. The first-order chi connectivity index (χ1) is 14.9. The number of anilines is 2. The molecule has 1 aromatic carbocycles. The molecule has 1 spiro atoms. The summed E-state index contributed by atoms with van der Waals surface area (Å²) in [6, 6.07) is 2.95. The van der Waals surface area contributed by atoms with Crippen LogP contribution in [-0.4, -0.2) is 44.1 Å². The van der Waals surface area contributed by atoms with Gasteiger partial charge in [0.15, 0.2) is 5.75 Å². The smallest absolute Gasteiger partial charge is 0.326 e. The Morgan fingerprint density at radius 1 is 1.23 bits per heavy atom. The number of benzene rings is 1. The maximum Gasteiger partial charge on any atom is 0.326 e. The van der Waals surface area contributed by atoms with E-state index in [1.54, 1.807) is 19.3 Å². The molecular weight excluding hydrogens is 399 g/mol. The Kier molecular flexibility index (Phi) is 3.67. The number of nitrogens with zero attached hydrogens (tertiary/aromatic N) is 5. The number of aromatic nitrogens is 5. The van der Waals surface area contributed by atoms with Crippen LogP contribution < -0.4 is 21.1 Å². The molecular formula is C21H21FN8O. The van der Waals surface area contributed by atoms with Gasteiger partial charge in [-0.15, -0.1) is 0 Å². The first-order valence-electron chi connectivity index (χ1n) is 10.2. The number of nitrogens with two attached hydrogens (primary N) is 2. The second kappa shape index (κ2) is 6.24. The van der Waals surface area contributed by atoms with Gasteiger partial charge in [-0.05, 0) is 31.9 Å². The third kappa shape index (κ3) is 2.86. The molecule has 1 saturated carbocycles. The van der Waals surface area contributed by atoms with Gasteiger partial charge < -0.3 is 26.1 Å². The lowest BCUT2D eigenvalue weighted by molar-refractivity contribution is 0.439. The average molecular weight is 420 g/mol. The van der Waals surface area contributed by atoms with Crippen molar-refractivity contribution in [1.82, 2.24) is 24.9 Å². The molecule has 158 valence electrons. The van der Waals surface area contributed by atoms with Crippen molar-refractivity contribution in [3.05, 3.63) is 36.2 Å². The molecule has 2 aliphatic rings. The van der Waals surface area contributed by atoms with Gasteiger partial charge in [-0.25, -0.2) is 14.4 Å². The normalized spacial score (nSPS) is 19.6. The summed E-state index contributed by atoms with van der Waals surface area (Å²) < 4.78 is 20.1. The predicted octanol–water partition coefficient (Wildman–Crippen LogP) is 2.65. The van der Waals surface area contributed by atoms with Crippen LogP contribution in [0, 0.1) is 18.2 Å². The lowest BCUT2D eigenvalue weighted by Gasteiger charge is -2.19. The van der Waals surface area contributed by atoms with Crippen molar-refractivity contribution >= 4 is 33.4 Å². The van der Waals surface area contributed by atoms with E-state index in [1.165, 1.54) is 12.1 Å². The highest BCUT2D eigenvalue weighted by atomic mass is 19.1. The van der Waals surface area contributed by atoms with E-state index in [1.807, 2.05) is 0 Å². The molecule has 4 heterocycles. The van der Waals surface area contributed by atoms with E-state index in [9.17, 15) is 4.39 Å². The summed E-state index contributed by atoms with van der Waals surface area (Å²) in [7, 11) is 0. The number of fused-ring (bicyclic) bond motifs is 3. The first-order valence-corrected chi connectivity index (χ1v) is 10.2. The van der Waals surface area contributed by atoms with Crippen LogP contribution in [0.5, 0.6) is 11.8 Å². The van der Waals surface area contributed by atoms with Gasteiger partial charge in [-0.2, -0.15) is 9.97 Å². The molecule has 0 bridgehead atoms. The number of aryl methyl sites for hydroxylation is 1. The molecule has 10 heteroatoms. The summed E-state index contributed by atoms with van der Waals surface area (Å²) in [6.45, 7) is 3.25. The fraction of sp³-hybridized carbons (Fsp3) is 0.333. The van der Waals surface area contributed by atoms with Crippen LogP contribution in [0.3, 0.4) is 0 Å². The molecule has 4 aromatic rings. The quantitative estimate of drug-likeness (QED) is 0.431. The Bertz CT molecular complexity index is 1330. The first kappa shape index (κ1) is 18.3. The van der Waals surface area contributed by atoms with Crippen molar-refractivity contribution < 1.29 is 9.13 Å². The highest BCUT2D eigenvalue weighted by molar-refractivity contribution is 6.14. The lowest BCUT2D eigenvalue weighted by atomic mass is 10.0. The molecule has 1 atom stereocenters. The molecule has 5 N–H and O–H groups in total. The minimum atomic E-state index is -0.411. The standard InChI is InChI=1S/C21H21FN8O/c1-10-25-6-12(7-26-10)31-20-28-18-16(13-4-11(22)5-14(23)17(13)27-18)19(29-20)30-8-15(24)21(9-30)2-3-21/h4-7,15H,2-3,8-9,23-24H2,1H3,(H,27,28,29)/t15-/m1/s1. The lowest BCUT2D eigenvalue weighted by Crippen LogP contribution is -2.30. The van der Waals surface area contributed by atoms with Crippen LogP contribution in [0.15, 0.2) is 24.5 Å². The zero-order valence-electron chi connectivity index (χ0n) is 16.9. The maximum absolute atomic E-state index is 14.2. The van der Waals surface area contributed by atoms with Crippen LogP contribution in [0.2, 0.25) is 0 Å². The fourth-order valence-corrected chi connectivity index (χ4v) is 4.51. The monoisotopic (exact) mass is 420 g/mol. The van der Waals surface area contributed by atoms with Gasteiger partial charge in [0.2, 0.25) is 0 Å². The number of rotatable bonds is 3. The zero-order valence-corrected chi connectivity index (χ0v) is 16.9. The second-order valence-electron chi connectivity index (χ2n) is 8.51. The Hall–Kier alpha value is -3.53. The van der Waals surface area contributed by atoms with Crippen molar-refractivity contribution in [1.29, 1.82) is 0 Å². The maximum atomic E-state index is 14.2. The Morgan fingerprint density at radius 3 is 2.71 bits per heavy atom. The summed E-state index contributed by atoms with van der Waals surface area (Å²) in [5, 5.41) is 1.34. The molecule has 9 nitrogen and oxygen atoms in total. The summed E-state index contributed by atoms with van der Waals surface area (Å²) >= 11 is 0. The molecule has 0 amide bonds.